The van der Waals surface area contributed by atoms with Gasteiger partial charge in [-0.15, -0.1) is 0 Å². The summed E-state index contributed by atoms with van der Waals surface area (Å²) in [6.45, 7) is 0.346. The SMILES string of the molecule is CNC(=O)c1cc(C(=O)NC2CC2)cc2c1OC[C@H]2c1ccc(F)cc1. The van der Waals surface area contributed by atoms with Gasteiger partial charge in [-0.3, -0.25) is 9.59 Å². The number of ether oxygens (including phenoxy) is 1. The van der Waals surface area contributed by atoms with Crippen molar-refractivity contribution in [3.63, 3.8) is 0 Å². The Kier molecular flexibility index (Phi) is 4.11. The van der Waals surface area contributed by atoms with E-state index in [2.05, 4.69) is 10.6 Å². The largest absolute Gasteiger partial charge is 0.491 e. The van der Waals surface area contributed by atoms with Crippen molar-refractivity contribution in [2.75, 3.05) is 13.7 Å². The van der Waals surface area contributed by atoms with Gasteiger partial charge >= 0.3 is 0 Å². The molecule has 1 atom stereocenters. The summed E-state index contributed by atoms with van der Waals surface area (Å²) in [5.41, 5.74) is 2.44. The highest BCUT2D eigenvalue weighted by Crippen LogP contribution is 2.41. The Labute approximate surface area is 150 Å². The minimum atomic E-state index is -0.309. The van der Waals surface area contributed by atoms with E-state index in [9.17, 15) is 14.0 Å². The van der Waals surface area contributed by atoms with Crippen LogP contribution in [-0.4, -0.2) is 31.5 Å². The molecule has 4 rings (SSSR count). The summed E-state index contributed by atoms with van der Waals surface area (Å²) in [5, 5.41) is 5.54. The molecule has 5 nitrogen and oxygen atoms in total. The lowest BCUT2D eigenvalue weighted by molar-refractivity contribution is 0.0951. The number of amides is 2. The second kappa shape index (κ2) is 6.44. The van der Waals surface area contributed by atoms with Crippen LogP contribution in [0.4, 0.5) is 4.39 Å². The Morgan fingerprint density at radius 1 is 1.12 bits per heavy atom. The lowest BCUT2D eigenvalue weighted by Crippen LogP contribution is -2.26. The first-order valence-corrected chi connectivity index (χ1v) is 8.66. The van der Waals surface area contributed by atoms with Gasteiger partial charge in [-0.25, -0.2) is 4.39 Å². The fourth-order valence-corrected chi connectivity index (χ4v) is 3.23. The molecule has 1 aliphatic heterocycles. The molecule has 2 N–H and O–H groups in total. The lowest BCUT2D eigenvalue weighted by atomic mass is 9.90. The number of fused-ring (bicyclic) bond motifs is 1. The molecule has 0 aromatic heterocycles. The third-order valence-corrected chi connectivity index (χ3v) is 4.81. The fraction of sp³-hybridized carbons (Fsp3) is 0.300. The Morgan fingerprint density at radius 2 is 1.85 bits per heavy atom. The molecule has 1 saturated carbocycles. The number of halogens is 1. The summed E-state index contributed by atoms with van der Waals surface area (Å²) in [7, 11) is 1.54. The molecule has 2 aliphatic rings. The molecule has 6 heteroatoms. The van der Waals surface area contributed by atoms with E-state index in [4.69, 9.17) is 4.74 Å². The van der Waals surface area contributed by atoms with Crippen molar-refractivity contribution in [1.29, 1.82) is 0 Å². The number of rotatable bonds is 4. The minimum absolute atomic E-state index is 0.150. The van der Waals surface area contributed by atoms with Crippen LogP contribution < -0.4 is 15.4 Å². The van der Waals surface area contributed by atoms with Crippen molar-refractivity contribution in [2.24, 2.45) is 0 Å². The van der Waals surface area contributed by atoms with E-state index in [-0.39, 0.29) is 29.6 Å². The topological polar surface area (TPSA) is 67.4 Å². The standard InChI is InChI=1S/C20H19FN2O3/c1-22-20(25)16-9-12(19(24)23-14-6-7-14)8-15-17(10-26-18(15)16)11-2-4-13(21)5-3-11/h2-5,8-9,14,17H,6-7,10H2,1H3,(H,22,25)(H,23,24)/t17-/m0/s1. The molecule has 0 unspecified atom stereocenters. The van der Waals surface area contributed by atoms with Crippen LogP contribution in [0, 0.1) is 5.82 Å². The van der Waals surface area contributed by atoms with Crippen LogP contribution in [0.1, 0.15) is 50.6 Å². The molecule has 0 saturated heterocycles. The van der Waals surface area contributed by atoms with E-state index in [0.717, 1.165) is 24.0 Å². The van der Waals surface area contributed by atoms with Crippen LogP contribution in [0.25, 0.3) is 0 Å². The van der Waals surface area contributed by atoms with Gasteiger partial charge in [0.05, 0.1) is 12.2 Å². The molecule has 0 spiro atoms. The van der Waals surface area contributed by atoms with Gasteiger partial charge in [-0.2, -0.15) is 0 Å². The summed E-state index contributed by atoms with van der Waals surface area (Å²) in [6, 6.07) is 9.78. The van der Waals surface area contributed by atoms with E-state index in [1.165, 1.54) is 19.2 Å². The van der Waals surface area contributed by atoms with Crippen molar-refractivity contribution in [1.82, 2.24) is 10.6 Å². The first-order chi connectivity index (χ1) is 12.6. The van der Waals surface area contributed by atoms with E-state index in [0.29, 0.717) is 23.5 Å². The highest BCUT2D eigenvalue weighted by Gasteiger charge is 2.32. The van der Waals surface area contributed by atoms with Gasteiger partial charge in [0, 0.05) is 30.1 Å². The Balaban J connectivity index is 1.77. The molecule has 26 heavy (non-hydrogen) atoms. The number of benzene rings is 2. The van der Waals surface area contributed by atoms with Crippen LogP contribution in [0.5, 0.6) is 5.75 Å². The summed E-state index contributed by atoms with van der Waals surface area (Å²) in [5.74, 6) is -0.465. The molecule has 1 heterocycles. The van der Waals surface area contributed by atoms with Gasteiger partial charge in [-0.1, -0.05) is 12.1 Å². The van der Waals surface area contributed by atoms with Crippen molar-refractivity contribution in [2.45, 2.75) is 24.8 Å². The van der Waals surface area contributed by atoms with Gasteiger partial charge in [0.15, 0.2) is 0 Å². The highest BCUT2D eigenvalue weighted by molar-refractivity contribution is 6.02. The van der Waals surface area contributed by atoms with Gasteiger partial charge in [0.25, 0.3) is 11.8 Å². The molecular formula is C20H19FN2O3. The minimum Gasteiger partial charge on any atom is -0.491 e. The molecule has 0 radical (unpaired) electrons. The molecule has 134 valence electrons. The number of hydrogen-bond acceptors (Lipinski definition) is 3. The van der Waals surface area contributed by atoms with Crippen LogP contribution in [0.15, 0.2) is 36.4 Å². The maximum atomic E-state index is 13.2. The number of hydrogen-bond donors (Lipinski definition) is 2. The van der Waals surface area contributed by atoms with Crippen LogP contribution in [-0.2, 0) is 0 Å². The molecular weight excluding hydrogens is 335 g/mol. The third-order valence-electron chi connectivity index (χ3n) is 4.81. The maximum Gasteiger partial charge on any atom is 0.254 e. The third kappa shape index (κ3) is 3.03. The molecule has 2 amide bonds. The predicted molar refractivity (Wildman–Crippen MR) is 94.1 cm³/mol. The normalized spacial score (nSPS) is 18.0. The van der Waals surface area contributed by atoms with Gasteiger partial charge in [-0.05, 0) is 42.7 Å². The average Bonchev–Trinajstić information content (AvgIpc) is 3.36. The van der Waals surface area contributed by atoms with Crippen molar-refractivity contribution < 1.29 is 18.7 Å². The van der Waals surface area contributed by atoms with Gasteiger partial charge in [0.2, 0.25) is 0 Å². The first kappa shape index (κ1) is 16.6. The number of carbonyl (C=O) groups excluding carboxylic acids is 2. The molecule has 1 fully saturated rings. The zero-order valence-electron chi connectivity index (χ0n) is 14.3. The molecule has 2 aromatic carbocycles. The van der Waals surface area contributed by atoms with Gasteiger partial charge in [0.1, 0.15) is 11.6 Å². The van der Waals surface area contributed by atoms with Crippen LogP contribution in [0.3, 0.4) is 0 Å². The van der Waals surface area contributed by atoms with E-state index in [1.54, 1.807) is 24.3 Å². The fourth-order valence-electron chi connectivity index (χ4n) is 3.23. The maximum absolute atomic E-state index is 13.2. The number of carbonyl (C=O) groups is 2. The van der Waals surface area contributed by atoms with Crippen molar-refractivity contribution >= 4 is 11.8 Å². The molecule has 0 bridgehead atoms. The second-order valence-electron chi connectivity index (χ2n) is 6.68. The second-order valence-corrected chi connectivity index (χ2v) is 6.68. The number of nitrogens with one attached hydrogen (secondary N) is 2. The van der Waals surface area contributed by atoms with Crippen molar-refractivity contribution in [3.05, 3.63) is 64.5 Å². The van der Waals surface area contributed by atoms with Crippen LogP contribution in [0.2, 0.25) is 0 Å². The van der Waals surface area contributed by atoms with Gasteiger partial charge < -0.3 is 15.4 Å². The Bertz CT molecular complexity index is 875. The summed E-state index contributed by atoms with van der Waals surface area (Å²) < 4.78 is 19.0. The summed E-state index contributed by atoms with van der Waals surface area (Å²) >= 11 is 0. The summed E-state index contributed by atoms with van der Waals surface area (Å²) in [6.07, 6.45) is 1.97. The monoisotopic (exact) mass is 354 g/mol. The highest BCUT2D eigenvalue weighted by atomic mass is 19.1. The smallest absolute Gasteiger partial charge is 0.254 e. The zero-order valence-corrected chi connectivity index (χ0v) is 14.3. The van der Waals surface area contributed by atoms with Crippen molar-refractivity contribution in [3.8, 4) is 5.75 Å². The van der Waals surface area contributed by atoms with E-state index >= 15 is 0 Å². The molecule has 2 aromatic rings. The lowest BCUT2D eigenvalue weighted by Gasteiger charge is -2.13. The predicted octanol–water partition coefficient (Wildman–Crippen LogP) is 2.60. The Morgan fingerprint density at radius 3 is 2.50 bits per heavy atom. The van der Waals surface area contributed by atoms with E-state index in [1.807, 2.05) is 0 Å². The Hall–Kier alpha value is -2.89. The first-order valence-electron chi connectivity index (χ1n) is 8.66. The summed E-state index contributed by atoms with van der Waals surface area (Å²) in [4.78, 5) is 24.8. The van der Waals surface area contributed by atoms with E-state index < -0.39 is 0 Å². The molecule has 1 aliphatic carbocycles. The quantitative estimate of drug-likeness (QED) is 0.887. The average molecular weight is 354 g/mol. The van der Waals surface area contributed by atoms with Crippen LogP contribution >= 0.6 is 0 Å². The zero-order chi connectivity index (χ0) is 18.3.